The van der Waals surface area contributed by atoms with Gasteiger partial charge in [0.25, 0.3) is 0 Å². The zero-order valence-corrected chi connectivity index (χ0v) is 17.9. The number of rotatable bonds is 5. The summed E-state index contributed by atoms with van der Waals surface area (Å²) in [6.07, 6.45) is 13.0. The van der Waals surface area contributed by atoms with E-state index in [4.69, 9.17) is 0 Å². The van der Waals surface area contributed by atoms with Crippen molar-refractivity contribution >= 4 is 49.6 Å². The highest BCUT2D eigenvalue weighted by Gasteiger charge is 2.17. The molecule has 5 rings (SSSR count). The van der Waals surface area contributed by atoms with Crippen LogP contribution in [0.4, 0.5) is 10.8 Å². The summed E-state index contributed by atoms with van der Waals surface area (Å²) in [6.45, 7) is 1.97. The molecule has 4 aromatic heterocycles. The van der Waals surface area contributed by atoms with E-state index in [1.54, 1.807) is 6.20 Å². The van der Waals surface area contributed by atoms with E-state index in [2.05, 4.69) is 56.9 Å². The minimum Gasteiger partial charge on any atom is -0.328 e. The van der Waals surface area contributed by atoms with E-state index in [1.165, 1.54) is 11.5 Å². The average Bonchev–Trinajstić information content (AvgIpc) is 3.44. The fourth-order valence-electron chi connectivity index (χ4n) is 3.26. The fourth-order valence-corrected chi connectivity index (χ4v) is 4.42. The summed E-state index contributed by atoms with van der Waals surface area (Å²) >= 11 is 5.09. The van der Waals surface area contributed by atoms with Gasteiger partial charge < -0.3 is 5.32 Å². The molecule has 0 amide bonds. The van der Waals surface area contributed by atoms with Crippen molar-refractivity contribution in [2.24, 2.45) is 4.99 Å². The molecule has 4 aromatic rings. The highest BCUT2D eigenvalue weighted by Crippen LogP contribution is 2.28. The summed E-state index contributed by atoms with van der Waals surface area (Å²) in [5.74, 6) is 0.700. The zero-order valence-electron chi connectivity index (χ0n) is 15.5. The molecule has 0 aliphatic carbocycles. The van der Waals surface area contributed by atoms with Crippen molar-refractivity contribution in [2.75, 3.05) is 5.32 Å². The van der Waals surface area contributed by atoms with Gasteiger partial charge in [0.15, 0.2) is 11.5 Å². The van der Waals surface area contributed by atoms with Crippen LogP contribution in [0.1, 0.15) is 17.8 Å². The van der Waals surface area contributed by atoms with Gasteiger partial charge in [0.1, 0.15) is 5.00 Å². The van der Waals surface area contributed by atoms with E-state index in [1.807, 2.05) is 42.2 Å². The van der Waals surface area contributed by atoms with E-state index >= 15 is 0 Å². The standard InChI is InChI=1S/C19H17BrN8S/c1-11-10-28-16(12-7-23-24-8-12)9-22-19(28)18(25-11)26-17-6-13(27-29-17)5-15-14(20)3-2-4-21-15/h2,4,6-10,14H,3,5H2,1H3,(H,23,24)(H,25,26). The van der Waals surface area contributed by atoms with Crippen LogP contribution < -0.4 is 5.32 Å². The van der Waals surface area contributed by atoms with Gasteiger partial charge >= 0.3 is 0 Å². The Hall–Kier alpha value is -2.85. The Morgan fingerprint density at radius 2 is 2.31 bits per heavy atom. The van der Waals surface area contributed by atoms with Gasteiger partial charge in [-0.2, -0.15) is 9.47 Å². The zero-order chi connectivity index (χ0) is 19.8. The summed E-state index contributed by atoms with van der Waals surface area (Å²) < 4.78 is 6.60. The van der Waals surface area contributed by atoms with E-state index in [9.17, 15) is 0 Å². The molecule has 29 heavy (non-hydrogen) atoms. The molecule has 1 aliphatic heterocycles. The van der Waals surface area contributed by atoms with Gasteiger partial charge in [-0.15, -0.1) is 0 Å². The number of H-pyrrole nitrogens is 1. The van der Waals surface area contributed by atoms with Gasteiger partial charge in [-0.05, 0) is 30.9 Å². The van der Waals surface area contributed by atoms with Crippen molar-refractivity contribution < 1.29 is 0 Å². The SMILES string of the molecule is Cc1cn2c(-c3cn[nH]c3)cnc2c(Nc2cc(CC3=NC=CCC3Br)ns2)n1. The van der Waals surface area contributed by atoms with Crippen LogP contribution in [0.2, 0.25) is 0 Å². The third-order valence-electron chi connectivity index (χ3n) is 4.62. The second-order valence-corrected chi connectivity index (χ2v) is 8.66. The Bertz CT molecular complexity index is 1220. The first kappa shape index (κ1) is 18.2. The monoisotopic (exact) mass is 468 g/mol. The molecule has 0 aromatic carbocycles. The third kappa shape index (κ3) is 3.60. The van der Waals surface area contributed by atoms with Crippen molar-refractivity contribution in [2.45, 2.75) is 24.6 Å². The topological polar surface area (TPSA) is 96.2 Å². The maximum atomic E-state index is 4.65. The van der Waals surface area contributed by atoms with Crippen LogP contribution >= 0.6 is 27.5 Å². The number of anilines is 2. The molecule has 2 N–H and O–H groups in total. The normalized spacial score (nSPS) is 16.3. The Morgan fingerprint density at radius 3 is 3.14 bits per heavy atom. The molecule has 1 unspecified atom stereocenters. The number of hydrogen-bond acceptors (Lipinski definition) is 7. The quantitative estimate of drug-likeness (QED) is 0.425. The van der Waals surface area contributed by atoms with E-state index in [0.29, 0.717) is 5.82 Å². The van der Waals surface area contributed by atoms with Crippen molar-refractivity contribution in [1.29, 1.82) is 0 Å². The average molecular weight is 469 g/mol. The lowest BCUT2D eigenvalue weighted by Crippen LogP contribution is -2.18. The Balaban J connectivity index is 1.43. The number of nitrogens with one attached hydrogen (secondary N) is 2. The summed E-state index contributed by atoms with van der Waals surface area (Å²) in [5.41, 5.74) is 5.65. The number of imidazole rings is 1. The van der Waals surface area contributed by atoms with Crippen LogP contribution in [-0.2, 0) is 6.42 Å². The van der Waals surface area contributed by atoms with Gasteiger partial charge in [-0.3, -0.25) is 14.5 Å². The molecular weight excluding hydrogens is 452 g/mol. The van der Waals surface area contributed by atoms with E-state index in [-0.39, 0.29) is 4.83 Å². The lowest BCUT2D eigenvalue weighted by atomic mass is 10.1. The van der Waals surface area contributed by atoms with Gasteiger partial charge in [0.2, 0.25) is 0 Å². The predicted molar refractivity (Wildman–Crippen MR) is 118 cm³/mol. The number of alkyl halides is 1. The molecule has 0 saturated carbocycles. The van der Waals surface area contributed by atoms with Crippen molar-refractivity contribution in [3.63, 3.8) is 0 Å². The van der Waals surface area contributed by atoms with Crippen molar-refractivity contribution in [3.05, 3.63) is 54.5 Å². The molecule has 146 valence electrons. The summed E-state index contributed by atoms with van der Waals surface area (Å²) in [5, 5.41) is 11.2. The Labute approximate surface area is 179 Å². The minimum atomic E-state index is 0.273. The molecule has 0 spiro atoms. The minimum absolute atomic E-state index is 0.273. The molecule has 8 nitrogen and oxygen atoms in total. The molecule has 0 bridgehead atoms. The first-order valence-electron chi connectivity index (χ1n) is 9.09. The van der Waals surface area contributed by atoms with Crippen LogP contribution in [0.15, 0.2) is 48.1 Å². The van der Waals surface area contributed by atoms with Crippen LogP contribution in [0.25, 0.3) is 16.9 Å². The summed E-state index contributed by atoms with van der Waals surface area (Å²) in [7, 11) is 0. The summed E-state index contributed by atoms with van der Waals surface area (Å²) in [6, 6.07) is 2.05. The number of fused-ring (bicyclic) bond motifs is 1. The Kier molecular flexibility index (Phi) is 4.72. The molecule has 0 fully saturated rings. The molecule has 0 saturated heterocycles. The fraction of sp³-hybridized carbons (Fsp3) is 0.211. The number of aliphatic imine (C=N–C) groups is 1. The van der Waals surface area contributed by atoms with Gasteiger partial charge in [-0.25, -0.2) is 9.97 Å². The van der Waals surface area contributed by atoms with Crippen LogP contribution in [-0.4, -0.2) is 39.5 Å². The summed E-state index contributed by atoms with van der Waals surface area (Å²) in [4.78, 5) is 14.0. The molecule has 1 aliphatic rings. The lowest BCUT2D eigenvalue weighted by molar-refractivity contribution is 1.05. The third-order valence-corrected chi connectivity index (χ3v) is 6.26. The maximum Gasteiger partial charge on any atom is 0.180 e. The van der Waals surface area contributed by atoms with E-state index < -0.39 is 0 Å². The highest BCUT2D eigenvalue weighted by atomic mass is 79.9. The largest absolute Gasteiger partial charge is 0.328 e. The number of halogens is 1. The molecule has 1 atom stereocenters. The number of aromatic amines is 1. The first-order valence-corrected chi connectivity index (χ1v) is 10.8. The van der Waals surface area contributed by atoms with Crippen LogP contribution in [0.5, 0.6) is 0 Å². The number of aromatic nitrogens is 6. The number of aryl methyl sites for hydroxylation is 1. The smallest absolute Gasteiger partial charge is 0.180 e. The molecular formula is C19H17BrN8S. The molecule has 10 heteroatoms. The Morgan fingerprint density at radius 1 is 1.38 bits per heavy atom. The molecule has 0 radical (unpaired) electrons. The second-order valence-electron chi connectivity index (χ2n) is 6.75. The first-order chi connectivity index (χ1) is 14.2. The lowest BCUT2D eigenvalue weighted by Gasteiger charge is -2.12. The predicted octanol–water partition coefficient (Wildman–Crippen LogP) is 4.29. The van der Waals surface area contributed by atoms with E-state index in [0.717, 1.165) is 51.8 Å². The molecule has 5 heterocycles. The number of hydrogen-bond donors (Lipinski definition) is 2. The number of nitrogens with zero attached hydrogens (tertiary/aromatic N) is 6. The maximum absolute atomic E-state index is 4.65. The van der Waals surface area contributed by atoms with Gasteiger partial charge in [0.05, 0.1) is 34.3 Å². The second kappa shape index (κ2) is 7.53. The number of allylic oxidation sites excluding steroid dienone is 1. The highest BCUT2D eigenvalue weighted by molar-refractivity contribution is 9.10. The van der Waals surface area contributed by atoms with Gasteiger partial charge in [-0.1, -0.05) is 22.0 Å². The van der Waals surface area contributed by atoms with Crippen molar-refractivity contribution in [1.82, 2.24) is 28.9 Å². The van der Waals surface area contributed by atoms with Crippen LogP contribution in [0, 0.1) is 6.92 Å². The van der Waals surface area contributed by atoms with Crippen LogP contribution in [0.3, 0.4) is 0 Å². The van der Waals surface area contributed by atoms with Gasteiger partial charge in [0, 0.05) is 36.3 Å². The van der Waals surface area contributed by atoms with Crippen molar-refractivity contribution in [3.8, 4) is 11.3 Å².